The molecule has 0 bridgehead atoms. The number of nitrogens with zero attached hydrogens (tertiary/aromatic N) is 1. The lowest BCUT2D eigenvalue weighted by atomic mass is 10.2. The Morgan fingerprint density at radius 3 is 2.25 bits per heavy atom. The molecule has 0 saturated carbocycles. The number of para-hydroxylation sites is 1. The van der Waals surface area contributed by atoms with Crippen LogP contribution in [0.2, 0.25) is 0 Å². The Hall–Kier alpha value is -2.34. The van der Waals surface area contributed by atoms with Crippen molar-refractivity contribution in [3.8, 4) is 0 Å². The molecule has 24 heavy (non-hydrogen) atoms. The molecule has 0 saturated heterocycles. The first-order chi connectivity index (χ1) is 11.4. The summed E-state index contributed by atoms with van der Waals surface area (Å²) in [7, 11) is -1.28. The van der Waals surface area contributed by atoms with Crippen LogP contribution in [0.25, 0.3) is 0 Å². The van der Waals surface area contributed by atoms with Gasteiger partial charge in [0.1, 0.15) is 0 Å². The van der Waals surface area contributed by atoms with Gasteiger partial charge in [-0.1, -0.05) is 25.1 Å². The predicted octanol–water partition coefficient (Wildman–Crippen LogP) is 2.95. The summed E-state index contributed by atoms with van der Waals surface area (Å²) >= 11 is 0. The van der Waals surface area contributed by atoms with Crippen molar-refractivity contribution in [3.63, 3.8) is 0 Å². The fraction of sp³-hybridized carbons (Fsp3) is 0.278. The highest BCUT2D eigenvalue weighted by Gasteiger charge is 2.11. The molecule has 0 aromatic heterocycles. The fourth-order valence-electron chi connectivity index (χ4n) is 2.22. The van der Waals surface area contributed by atoms with Crippen molar-refractivity contribution >= 4 is 27.1 Å². The number of rotatable bonds is 7. The van der Waals surface area contributed by atoms with Gasteiger partial charge >= 0.3 is 0 Å². The van der Waals surface area contributed by atoms with Crippen LogP contribution < -0.4 is 10.2 Å². The third kappa shape index (κ3) is 4.83. The molecule has 0 unspecified atom stereocenters. The summed E-state index contributed by atoms with van der Waals surface area (Å²) in [5, 5.41) is 2.78. The monoisotopic (exact) mass is 346 g/mol. The zero-order chi connectivity index (χ0) is 17.6. The standard InChI is InChI=1S/C18H22N2O3S/c1-3-24(22,23)17-11-9-15(10-12-17)19-18(21)13-14-20(2)16-7-5-4-6-8-16/h4-12H,3,13-14H2,1-2H3,(H,19,21). The molecule has 0 aliphatic heterocycles. The van der Waals surface area contributed by atoms with Crippen molar-refractivity contribution in [3.05, 3.63) is 54.6 Å². The summed E-state index contributed by atoms with van der Waals surface area (Å²) in [6, 6.07) is 16.1. The van der Waals surface area contributed by atoms with E-state index in [9.17, 15) is 13.2 Å². The molecule has 1 amide bonds. The van der Waals surface area contributed by atoms with E-state index >= 15 is 0 Å². The van der Waals surface area contributed by atoms with Gasteiger partial charge in [-0.2, -0.15) is 0 Å². The second-order valence-corrected chi connectivity index (χ2v) is 7.76. The van der Waals surface area contributed by atoms with Crippen LogP contribution in [0.15, 0.2) is 59.5 Å². The molecule has 0 atom stereocenters. The van der Waals surface area contributed by atoms with Crippen LogP contribution in [-0.4, -0.2) is 33.7 Å². The normalized spacial score (nSPS) is 11.1. The summed E-state index contributed by atoms with van der Waals surface area (Å²) < 4.78 is 23.5. The van der Waals surface area contributed by atoms with Crippen LogP contribution in [-0.2, 0) is 14.6 Å². The van der Waals surface area contributed by atoms with E-state index < -0.39 is 9.84 Å². The Balaban J connectivity index is 1.88. The number of carbonyl (C=O) groups is 1. The Labute approximate surface area is 143 Å². The van der Waals surface area contributed by atoms with E-state index in [0.717, 1.165) is 5.69 Å². The van der Waals surface area contributed by atoms with Crippen molar-refractivity contribution in [2.45, 2.75) is 18.2 Å². The SMILES string of the molecule is CCS(=O)(=O)c1ccc(NC(=O)CCN(C)c2ccccc2)cc1. The quantitative estimate of drug-likeness (QED) is 0.837. The minimum Gasteiger partial charge on any atom is -0.374 e. The maximum atomic E-state index is 12.0. The highest BCUT2D eigenvalue weighted by Crippen LogP contribution is 2.16. The molecule has 0 fully saturated rings. The van der Waals surface area contributed by atoms with Gasteiger partial charge < -0.3 is 10.2 Å². The first-order valence-electron chi connectivity index (χ1n) is 7.81. The van der Waals surface area contributed by atoms with E-state index in [2.05, 4.69) is 5.32 Å². The highest BCUT2D eigenvalue weighted by molar-refractivity contribution is 7.91. The molecule has 0 radical (unpaired) electrons. The average molecular weight is 346 g/mol. The number of hydrogen-bond acceptors (Lipinski definition) is 4. The van der Waals surface area contributed by atoms with E-state index in [0.29, 0.717) is 18.7 Å². The zero-order valence-electron chi connectivity index (χ0n) is 13.9. The Morgan fingerprint density at radius 1 is 1.04 bits per heavy atom. The molecule has 6 heteroatoms. The van der Waals surface area contributed by atoms with Crippen molar-refractivity contribution in [1.29, 1.82) is 0 Å². The molecule has 5 nitrogen and oxygen atoms in total. The average Bonchev–Trinajstić information content (AvgIpc) is 2.61. The van der Waals surface area contributed by atoms with E-state index in [1.54, 1.807) is 19.1 Å². The van der Waals surface area contributed by atoms with Gasteiger partial charge in [0.15, 0.2) is 9.84 Å². The molecule has 0 spiro atoms. The van der Waals surface area contributed by atoms with Gasteiger partial charge in [0.05, 0.1) is 10.6 Å². The van der Waals surface area contributed by atoms with Crippen molar-refractivity contribution in [1.82, 2.24) is 0 Å². The van der Waals surface area contributed by atoms with Crippen LogP contribution in [0.3, 0.4) is 0 Å². The van der Waals surface area contributed by atoms with Crippen molar-refractivity contribution in [2.75, 3.05) is 29.6 Å². The van der Waals surface area contributed by atoms with Gasteiger partial charge in [0, 0.05) is 31.4 Å². The molecule has 2 aromatic carbocycles. The first kappa shape index (κ1) is 18.0. The van der Waals surface area contributed by atoms with E-state index in [1.807, 2.05) is 42.3 Å². The smallest absolute Gasteiger partial charge is 0.226 e. The molecule has 2 aromatic rings. The van der Waals surface area contributed by atoms with Gasteiger partial charge in [0.2, 0.25) is 5.91 Å². The minimum atomic E-state index is -3.21. The second-order valence-electron chi connectivity index (χ2n) is 5.48. The predicted molar refractivity (Wildman–Crippen MR) is 97.1 cm³/mol. The third-order valence-electron chi connectivity index (χ3n) is 3.75. The number of amides is 1. The van der Waals surface area contributed by atoms with Crippen LogP contribution in [0.1, 0.15) is 13.3 Å². The summed E-state index contributed by atoms with van der Waals surface area (Å²) in [6.07, 6.45) is 0.348. The van der Waals surface area contributed by atoms with Crippen LogP contribution in [0.4, 0.5) is 11.4 Å². The Bertz CT molecular complexity index is 772. The second kappa shape index (κ2) is 7.97. The maximum Gasteiger partial charge on any atom is 0.226 e. The van der Waals surface area contributed by atoms with Crippen LogP contribution >= 0.6 is 0 Å². The number of benzene rings is 2. The molecular formula is C18H22N2O3S. The number of sulfone groups is 1. The fourth-order valence-corrected chi connectivity index (χ4v) is 3.10. The first-order valence-corrected chi connectivity index (χ1v) is 9.46. The largest absolute Gasteiger partial charge is 0.374 e. The summed E-state index contributed by atoms with van der Waals surface area (Å²) in [5.74, 6) is -0.0475. The maximum absolute atomic E-state index is 12.0. The van der Waals surface area contributed by atoms with Gasteiger partial charge in [0.25, 0.3) is 0 Å². The van der Waals surface area contributed by atoms with Crippen LogP contribution in [0, 0.1) is 0 Å². The van der Waals surface area contributed by atoms with Crippen molar-refractivity contribution in [2.24, 2.45) is 0 Å². The molecule has 0 aliphatic rings. The van der Waals surface area contributed by atoms with Gasteiger partial charge in [-0.25, -0.2) is 8.42 Å². The van der Waals surface area contributed by atoms with Gasteiger partial charge in [-0.05, 0) is 36.4 Å². The van der Waals surface area contributed by atoms with Crippen LogP contribution in [0.5, 0.6) is 0 Å². The summed E-state index contributed by atoms with van der Waals surface area (Å²) in [6.45, 7) is 2.20. The number of hydrogen-bond donors (Lipinski definition) is 1. The van der Waals surface area contributed by atoms with Crippen molar-refractivity contribution < 1.29 is 13.2 Å². The van der Waals surface area contributed by atoms with E-state index in [4.69, 9.17) is 0 Å². The number of carbonyl (C=O) groups excluding carboxylic acids is 1. The van der Waals surface area contributed by atoms with E-state index in [1.165, 1.54) is 12.1 Å². The lowest BCUT2D eigenvalue weighted by Gasteiger charge is -2.18. The molecule has 1 N–H and O–H groups in total. The molecule has 2 rings (SSSR count). The minimum absolute atomic E-state index is 0.0600. The Kier molecular flexibility index (Phi) is 5.98. The molecule has 128 valence electrons. The lowest BCUT2D eigenvalue weighted by molar-refractivity contribution is -0.116. The lowest BCUT2D eigenvalue weighted by Crippen LogP contribution is -2.23. The highest BCUT2D eigenvalue weighted by atomic mass is 32.2. The topological polar surface area (TPSA) is 66.5 Å². The van der Waals surface area contributed by atoms with Gasteiger partial charge in [-0.15, -0.1) is 0 Å². The molecular weight excluding hydrogens is 324 g/mol. The number of nitrogens with one attached hydrogen (secondary N) is 1. The molecule has 0 heterocycles. The Morgan fingerprint density at radius 2 is 1.67 bits per heavy atom. The summed E-state index contributed by atoms with van der Waals surface area (Å²) in [4.78, 5) is 14.3. The van der Waals surface area contributed by atoms with E-state index in [-0.39, 0.29) is 16.6 Å². The van der Waals surface area contributed by atoms with Gasteiger partial charge in [-0.3, -0.25) is 4.79 Å². The number of anilines is 2. The molecule has 0 aliphatic carbocycles. The zero-order valence-corrected chi connectivity index (χ0v) is 14.7. The third-order valence-corrected chi connectivity index (χ3v) is 5.50. The summed E-state index contributed by atoms with van der Waals surface area (Å²) in [5.41, 5.74) is 1.65.